The molecule has 0 aromatic heterocycles. The lowest BCUT2D eigenvalue weighted by molar-refractivity contribution is 0.387. The summed E-state index contributed by atoms with van der Waals surface area (Å²) in [7, 11) is -3.26. The maximum absolute atomic E-state index is 11.6. The van der Waals surface area contributed by atoms with Gasteiger partial charge in [-0.3, -0.25) is 0 Å². The number of piperazine rings is 1. The quantitative estimate of drug-likeness (QED) is 0.794. The predicted octanol–water partition coefficient (Wildman–Crippen LogP) is 1.64. The van der Waals surface area contributed by atoms with E-state index >= 15 is 0 Å². The molecule has 0 radical (unpaired) electrons. The van der Waals surface area contributed by atoms with Gasteiger partial charge in [0.25, 0.3) is 0 Å². The molecule has 1 fully saturated rings. The molecule has 0 aliphatic carbocycles. The van der Waals surface area contributed by atoms with Crippen molar-refractivity contribution in [3.05, 3.63) is 29.8 Å². The molecule has 2 rings (SSSR count). The molecule has 1 aromatic rings. The van der Waals surface area contributed by atoms with Crippen LogP contribution >= 0.6 is 11.6 Å². The summed E-state index contributed by atoms with van der Waals surface area (Å²) in [4.78, 5) is 2.22. The summed E-state index contributed by atoms with van der Waals surface area (Å²) in [5, 5.41) is -0.336. The maximum Gasteiger partial charge on any atom is 0.228 e. The molecule has 1 aliphatic rings. The zero-order valence-electron chi connectivity index (χ0n) is 10.3. The molecule has 1 saturated heterocycles. The second-order valence-electron chi connectivity index (χ2n) is 4.39. The highest BCUT2D eigenvalue weighted by atomic mass is 35.5. The van der Waals surface area contributed by atoms with Crippen molar-refractivity contribution in [3.63, 3.8) is 0 Å². The number of nitrogens with zero attached hydrogens (tertiary/aromatic N) is 2. The Balaban J connectivity index is 2.06. The van der Waals surface area contributed by atoms with Crippen LogP contribution in [-0.4, -0.2) is 44.1 Å². The van der Waals surface area contributed by atoms with Crippen LogP contribution in [0.15, 0.2) is 24.3 Å². The molecular weight excluding hydrogens is 272 g/mol. The Labute approximate surface area is 113 Å². The van der Waals surface area contributed by atoms with Gasteiger partial charge >= 0.3 is 0 Å². The maximum atomic E-state index is 11.6. The summed E-state index contributed by atoms with van der Waals surface area (Å²) >= 11 is 5.46. The molecule has 0 atom stereocenters. The molecule has 1 aliphatic heterocycles. The fraction of sp³-hybridized carbons (Fsp3) is 0.500. The van der Waals surface area contributed by atoms with Crippen molar-refractivity contribution < 1.29 is 8.42 Å². The fourth-order valence-corrected chi connectivity index (χ4v) is 3.47. The number of halogens is 1. The van der Waals surface area contributed by atoms with Gasteiger partial charge in [-0.25, -0.2) is 8.42 Å². The van der Waals surface area contributed by atoms with E-state index in [-0.39, 0.29) is 5.21 Å². The lowest BCUT2D eigenvalue weighted by atomic mass is 10.1. The van der Waals surface area contributed by atoms with Crippen molar-refractivity contribution in [1.82, 2.24) is 4.31 Å². The summed E-state index contributed by atoms with van der Waals surface area (Å²) in [6.07, 6.45) is 0. The Morgan fingerprint density at radius 3 is 2.33 bits per heavy atom. The minimum absolute atomic E-state index is 0.336. The smallest absolute Gasteiger partial charge is 0.228 e. The van der Waals surface area contributed by atoms with Gasteiger partial charge in [0.1, 0.15) is 5.21 Å². The average Bonchev–Trinajstić information content (AvgIpc) is 2.39. The van der Waals surface area contributed by atoms with Crippen molar-refractivity contribution in [3.8, 4) is 0 Å². The molecular formula is C12H17ClN2O2S. The Morgan fingerprint density at radius 1 is 1.17 bits per heavy atom. The lowest BCUT2D eigenvalue weighted by Crippen LogP contribution is -2.49. The molecule has 4 nitrogen and oxygen atoms in total. The van der Waals surface area contributed by atoms with Gasteiger partial charge in [0.2, 0.25) is 10.0 Å². The van der Waals surface area contributed by atoms with E-state index in [1.807, 2.05) is 12.1 Å². The number of para-hydroxylation sites is 1. The number of rotatable bonds is 3. The Bertz CT molecular complexity index is 511. The summed E-state index contributed by atoms with van der Waals surface area (Å²) < 4.78 is 24.7. The first-order valence-electron chi connectivity index (χ1n) is 5.89. The topological polar surface area (TPSA) is 40.6 Å². The highest BCUT2D eigenvalue weighted by molar-refractivity contribution is 7.90. The molecule has 6 heteroatoms. The van der Waals surface area contributed by atoms with Gasteiger partial charge in [0.15, 0.2) is 0 Å². The number of anilines is 1. The van der Waals surface area contributed by atoms with Crippen LogP contribution in [0.3, 0.4) is 0 Å². The Hall–Kier alpha value is -0.780. The number of alkyl halides is 1. The van der Waals surface area contributed by atoms with E-state index in [4.69, 9.17) is 11.6 Å². The second-order valence-corrected chi connectivity index (χ2v) is 6.95. The first-order chi connectivity index (χ1) is 8.54. The first-order valence-corrected chi connectivity index (χ1v) is 8.03. The lowest BCUT2D eigenvalue weighted by Gasteiger charge is -2.35. The van der Waals surface area contributed by atoms with E-state index in [1.54, 1.807) is 0 Å². The average molecular weight is 289 g/mol. The molecule has 0 bridgehead atoms. The highest BCUT2D eigenvalue weighted by Gasteiger charge is 2.26. The molecule has 0 N–H and O–H groups in total. The van der Waals surface area contributed by atoms with Crippen LogP contribution in [0.25, 0.3) is 0 Å². The van der Waals surface area contributed by atoms with Crippen LogP contribution in [0, 0.1) is 6.92 Å². The minimum Gasteiger partial charge on any atom is -0.369 e. The van der Waals surface area contributed by atoms with Crippen LogP contribution in [0.2, 0.25) is 0 Å². The van der Waals surface area contributed by atoms with E-state index in [9.17, 15) is 8.42 Å². The fourth-order valence-electron chi connectivity index (χ4n) is 2.19. The minimum atomic E-state index is -3.26. The number of benzene rings is 1. The van der Waals surface area contributed by atoms with Gasteiger partial charge in [-0.1, -0.05) is 18.2 Å². The molecule has 0 unspecified atom stereocenters. The SMILES string of the molecule is Cc1ccccc1N1CCN(S(=O)(=O)CCl)CC1. The van der Waals surface area contributed by atoms with Crippen LogP contribution in [0.5, 0.6) is 0 Å². The van der Waals surface area contributed by atoms with Gasteiger partial charge in [-0.15, -0.1) is 11.6 Å². The van der Waals surface area contributed by atoms with E-state index < -0.39 is 10.0 Å². The standard InChI is InChI=1S/C12H17ClN2O2S/c1-11-4-2-3-5-12(11)14-6-8-15(9-7-14)18(16,17)10-13/h2-5H,6-10H2,1H3. The summed E-state index contributed by atoms with van der Waals surface area (Å²) in [5.41, 5.74) is 2.39. The second kappa shape index (κ2) is 5.47. The normalized spacial score (nSPS) is 18.0. The molecule has 100 valence electrons. The van der Waals surface area contributed by atoms with Crippen LogP contribution < -0.4 is 4.90 Å². The van der Waals surface area contributed by atoms with Gasteiger partial charge in [-0.2, -0.15) is 4.31 Å². The van der Waals surface area contributed by atoms with Crippen LogP contribution in [-0.2, 0) is 10.0 Å². The Kier molecular flexibility index (Phi) is 4.14. The van der Waals surface area contributed by atoms with Crippen molar-refractivity contribution in [2.45, 2.75) is 6.92 Å². The first kappa shape index (κ1) is 13.6. The summed E-state index contributed by atoms with van der Waals surface area (Å²) in [6, 6.07) is 8.15. The van der Waals surface area contributed by atoms with Crippen LogP contribution in [0.1, 0.15) is 5.56 Å². The Morgan fingerprint density at radius 2 is 1.78 bits per heavy atom. The monoisotopic (exact) mass is 288 g/mol. The van der Waals surface area contributed by atoms with Crippen molar-refractivity contribution in [2.24, 2.45) is 0 Å². The molecule has 1 aromatic carbocycles. The van der Waals surface area contributed by atoms with Gasteiger partial charge < -0.3 is 4.90 Å². The third-order valence-corrected chi connectivity index (χ3v) is 5.48. The van der Waals surface area contributed by atoms with E-state index in [2.05, 4.69) is 24.0 Å². The molecule has 18 heavy (non-hydrogen) atoms. The highest BCUT2D eigenvalue weighted by Crippen LogP contribution is 2.21. The molecule has 0 spiro atoms. The number of hydrogen-bond acceptors (Lipinski definition) is 3. The number of sulfonamides is 1. The predicted molar refractivity (Wildman–Crippen MR) is 74.6 cm³/mol. The summed E-state index contributed by atoms with van der Waals surface area (Å²) in [5.74, 6) is 0. The number of hydrogen-bond donors (Lipinski definition) is 0. The largest absolute Gasteiger partial charge is 0.369 e. The van der Waals surface area contributed by atoms with Gasteiger partial charge in [0, 0.05) is 31.9 Å². The molecule has 0 saturated carbocycles. The van der Waals surface area contributed by atoms with Gasteiger partial charge in [0.05, 0.1) is 0 Å². The third kappa shape index (κ3) is 2.79. The number of aryl methyl sites for hydroxylation is 1. The van der Waals surface area contributed by atoms with E-state index in [0.717, 1.165) is 0 Å². The summed E-state index contributed by atoms with van der Waals surface area (Å²) in [6.45, 7) is 4.49. The van der Waals surface area contributed by atoms with Crippen molar-refractivity contribution in [2.75, 3.05) is 36.3 Å². The van der Waals surface area contributed by atoms with Gasteiger partial charge in [-0.05, 0) is 18.6 Å². The van der Waals surface area contributed by atoms with Crippen molar-refractivity contribution in [1.29, 1.82) is 0 Å². The van der Waals surface area contributed by atoms with Crippen molar-refractivity contribution >= 4 is 27.3 Å². The molecule has 1 heterocycles. The zero-order chi connectivity index (χ0) is 13.2. The molecule has 0 amide bonds. The van der Waals surface area contributed by atoms with E-state index in [1.165, 1.54) is 15.6 Å². The van der Waals surface area contributed by atoms with Crippen LogP contribution in [0.4, 0.5) is 5.69 Å². The zero-order valence-corrected chi connectivity index (χ0v) is 11.9. The third-order valence-electron chi connectivity index (χ3n) is 3.23. The van der Waals surface area contributed by atoms with E-state index in [0.29, 0.717) is 26.2 Å².